The average molecular weight is 281 g/mol. The van der Waals surface area contributed by atoms with Gasteiger partial charge in [0.2, 0.25) is 0 Å². The molecule has 1 saturated heterocycles. The van der Waals surface area contributed by atoms with Crippen LogP contribution in [-0.2, 0) is 11.3 Å². The Morgan fingerprint density at radius 2 is 2.40 bits per heavy atom. The average Bonchev–Trinajstić information content (AvgIpc) is 2.92. The van der Waals surface area contributed by atoms with Crippen LogP contribution in [0.5, 0.6) is 0 Å². The third-order valence-electron chi connectivity index (χ3n) is 3.44. The molecule has 0 bridgehead atoms. The number of nitrogens with zero attached hydrogens (tertiary/aromatic N) is 2. The van der Waals surface area contributed by atoms with E-state index in [0.717, 1.165) is 57.2 Å². The molecule has 0 aromatic carbocycles. The quantitative estimate of drug-likeness (QED) is 0.832. The lowest BCUT2D eigenvalue weighted by Crippen LogP contribution is -2.40. The first kappa shape index (κ1) is 15.3. The van der Waals surface area contributed by atoms with Crippen molar-refractivity contribution >= 4 is 6.01 Å². The van der Waals surface area contributed by atoms with Crippen molar-refractivity contribution < 1.29 is 9.15 Å². The van der Waals surface area contributed by atoms with E-state index < -0.39 is 0 Å². The predicted molar refractivity (Wildman–Crippen MR) is 80.0 cm³/mol. The summed E-state index contributed by atoms with van der Waals surface area (Å²) < 4.78 is 11.5. The zero-order valence-corrected chi connectivity index (χ0v) is 12.9. The van der Waals surface area contributed by atoms with Gasteiger partial charge in [-0.15, -0.1) is 0 Å². The summed E-state index contributed by atoms with van der Waals surface area (Å²) in [5, 5.41) is 3.35. The normalized spacial score (nSPS) is 19.8. The summed E-state index contributed by atoms with van der Waals surface area (Å²) in [6.07, 6.45) is 5.41. The number of ether oxygens (including phenoxy) is 1. The molecule has 1 N–H and O–H groups in total. The van der Waals surface area contributed by atoms with Crippen LogP contribution in [0, 0.1) is 0 Å². The molecule has 1 aromatic rings. The van der Waals surface area contributed by atoms with Crippen molar-refractivity contribution in [3.05, 3.63) is 12.0 Å². The Morgan fingerprint density at radius 3 is 3.15 bits per heavy atom. The van der Waals surface area contributed by atoms with Gasteiger partial charge < -0.3 is 19.4 Å². The van der Waals surface area contributed by atoms with Gasteiger partial charge in [-0.05, 0) is 19.3 Å². The standard InChI is InChI=1S/C15H27N3O2/c1-4-8-19-14-6-5-7-18(10-14)15-17-13(11-20-15)9-16-12(2)3/h11-12,14,16H,4-10H2,1-3H3. The highest BCUT2D eigenvalue weighted by molar-refractivity contribution is 5.28. The second-order valence-electron chi connectivity index (χ2n) is 5.74. The predicted octanol–water partition coefficient (Wildman–Crippen LogP) is 2.57. The summed E-state index contributed by atoms with van der Waals surface area (Å²) in [6, 6.07) is 1.19. The Bertz CT molecular complexity index is 392. The van der Waals surface area contributed by atoms with Gasteiger partial charge in [0.1, 0.15) is 6.26 Å². The van der Waals surface area contributed by atoms with E-state index >= 15 is 0 Å². The maximum atomic E-state index is 5.85. The van der Waals surface area contributed by atoms with Crippen LogP contribution in [0.25, 0.3) is 0 Å². The van der Waals surface area contributed by atoms with Crippen molar-refractivity contribution in [1.29, 1.82) is 0 Å². The molecule has 0 spiro atoms. The number of oxazole rings is 1. The van der Waals surface area contributed by atoms with E-state index in [1.807, 2.05) is 0 Å². The van der Waals surface area contributed by atoms with Crippen LogP contribution in [0.2, 0.25) is 0 Å². The highest BCUT2D eigenvalue weighted by Crippen LogP contribution is 2.21. The number of aromatic nitrogens is 1. The molecule has 1 aromatic heterocycles. The Kier molecular flexibility index (Phi) is 5.86. The minimum absolute atomic E-state index is 0.313. The zero-order valence-electron chi connectivity index (χ0n) is 12.9. The second-order valence-corrected chi connectivity index (χ2v) is 5.74. The Hall–Kier alpha value is -1.07. The van der Waals surface area contributed by atoms with Crippen LogP contribution in [0.1, 0.15) is 45.7 Å². The van der Waals surface area contributed by atoms with Gasteiger partial charge >= 0.3 is 0 Å². The van der Waals surface area contributed by atoms with E-state index in [1.54, 1.807) is 6.26 Å². The Morgan fingerprint density at radius 1 is 1.55 bits per heavy atom. The number of rotatable bonds is 7. The van der Waals surface area contributed by atoms with E-state index in [4.69, 9.17) is 9.15 Å². The van der Waals surface area contributed by atoms with E-state index in [-0.39, 0.29) is 0 Å². The van der Waals surface area contributed by atoms with E-state index in [0.29, 0.717) is 12.1 Å². The first-order valence-corrected chi connectivity index (χ1v) is 7.73. The topological polar surface area (TPSA) is 50.5 Å². The molecule has 1 aliphatic rings. The number of anilines is 1. The van der Waals surface area contributed by atoms with Gasteiger partial charge in [-0.25, -0.2) is 0 Å². The molecule has 5 heteroatoms. The SMILES string of the molecule is CCCOC1CCCN(c2nc(CNC(C)C)co2)C1. The van der Waals surface area contributed by atoms with E-state index in [9.17, 15) is 0 Å². The lowest BCUT2D eigenvalue weighted by molar-refractivity contribution is 0.0431. The molecular weight excluding hydrogens is 254 g/mol. The van der Waals surface area contributed by atoms with Crippen LogP contribution in [-0.4, -0.2) is 36.8 Å². The van der Waals surface area contributed by atoms with Crippen molar-refractivity contribution in [2.75, 3.05) is 24.6 Å². The summed E-state index contributed by atoms with van der Waals surface area (Å²) in [5.41, 5.74) is 0.963. The first-order valence-electron chi connectivity index (χ1n) is 7.73. The molecule has 2 rings (SSSR count). The molecule has 0 aliphatic carbocycles. The van der Waals surface area contributed by atoms with Crippen LogP contribution in [0.4, 0.5) is 6.01 Å². The molecule has 20 heavy (non-hydrogen) atoms. The van der Waals surface area contributed by atoms with Gasteiger partial charge in [0, 0.05) is 32.3 Å². The molecule has 1 aliphatic heterocycles. The van der Waals surface area contributed by atoms with Gasteiger partial charge in [-0.1, -0.05) is 20.8 Å². The van der Waals surface area contributed by atoms with Crippen molar-refractivity contribution in [3.63, 3.8) is 0 Å². The van der Waals surface area contributed by atoms with Crippen molar-refractivity contribution in [2.45, 2.75) is 58.7 Å². The largest absolute Gasteiger partial charge is 0.432 e. The van der Waals surface area contributed by atoms with Crippen molar-refractivity contribution in [3.8, 4) is 0 Å². The lowest BCUT2D eigenvalue weighted by atomic mass is 10.1. The lowest BCUT2D eigenvalue weighted by Gasteiger charge is -2.31. The number of piperidine rings is 1. The molecule has 1 fully saturated rings. The first-order chi connectivity index (χ1) is 9.69. The van der Waals surface area contributed by atoms with Gasteiger partial charge in [0.05, 0.1) is 11.8 Å². The third-order valence-corrected chi connectivity index (χ3v) is 3.44. The molecule has 0 radical (unpaired) electrons. The van der Waals surface area contributed by atoms with Crippen molar-refractivity contribution in [1.82, 2.24) is 10.3 Å². The highest BCUT2D eigenvalue weighted by Gasteiger charge is 2.23. The monoisotopic (exact) mass is 281 g/mol. The summed E-state index contributed by atoms with van der Waals surface area (Å²) >= 11 is 0. The van der Waals surface area contributed by atoms with Gasteiger partial charge in [0.25, 0.3) is 6.01 Å². The fourth-order valence-corrected chi connectivity index (χ4v) is 2.36. The van der Waals surface area contributed by atoms with Gasteiger partial charge in [-0.3, -0.25) is 0 Å². The minimum atomic E-state index is 0.313. The minimum Gasteiger partial charge on any atom is -0.432 e. The highest BCUT2D eigenvalue weighted by atomic mass is 16.5. The molecule has 114 valence electrons. The zero-order chi connectivity index (χ0) is 14.4. The smallest absolute Gasteiger partial charge is 0.297 e. The molecule has 1 atom stereocenters. The summed E-state index contributed by atoms with van der Waals surface area (Å²) in [6.45, 7) is 9.88. The molecule has 2 heterocycles. The fraction of sp³-hybridized carbons (Fsp3) is 0.800. The van der Waals surface area contributed by atoms with E-state index in [1.165, 1.54) is 0 Å². The maximum Gasteiger partial charge on any atom is 0.297 e. The van der Waals surface area contributed by atoms with Gasteiger partial charge in [0.15, 0.2) is 0 Å². The second kappa shape index (κ2) is 7.64. The Labute approximate surface area is 121 Å². The fourth-order valence-electron chi connectivity index (χ4n) is 2.36. The molecular formula is C15H27N3O2. The van der Waals surface area contributed by atoms with E-state index in [2.05, 4.69) is 36.0 Å². The molecule has 1 unspecified atom stereocenters. The number of hydrogen-bond acceptors (Lipinski definition) is 5. The molecule has 5 nitrogen and oxygen atoms in total. The Balaban J connectivity index is 1.87. The number of nitrogens with one attached hydrogen (secondary N) is 1. The summed E-state index contributed by atoms with van der Waals surface area (Å²) in [4.78, 5) is 6.76. The van der Waals surface area contributed by atoms with Crippen LogP contribution >= 0.6 is 0 Å². The number of hydrogen-bond donors (Lipinski definition) is 1. The maximum absolute atomic E-state index is 5.85. The third kappa shape index (κ3) is 4.49. The van der Waals surface area contributed by atoms with Crippen LogP contribution in [0.3, 0.4) is 0 Å². The summed E-state index contributed by atoms with van der Waals surface area (Å²) in [7, 11) is 0. The molecule has 0 saturated carbocycles. The van der Waals surface area contributed by atoms with Crippen molar-refractivity contribution in [2.24, 2.45) is 0 Å². The summed E-state index contributed by atoms with van der Waals surface area (Å²) in [5.74, 6) is 0. The molecule has 0 amide bonds. The van der Waals surface area contributed by atoms with Crippen LogP contribution < -0.4 is 10.2 Å². The van der Waals surface area contributed by atoms with Gasteiger partial charge in [-0.2, -0.15) is 4.98 Å². The van der Waals surface area contributed by atoms with Crippen LogP contribution in [0.15, 0.2) is 10.7 Å².